The molecule has 0 saturated heterocycles. The van der Waals surface area contributed by atoms with Crippen molar-refractivity contribution in [3.8, 4) is 5.75 Å². The lowest BCUT2D eigenvalue weighted by Crippen LogP contribution is -2.53. The van der Waals surface area contributed by atoms with Crippen molar-refractivity contribution in [2.24, 2.45) is 11.1 Å². The first-order valence-electron chi connectivity index (χ1n) is 13.7. The van der Waals surface area contributed by atoms with Crippen molar-refractivity contribution >= 4 is 29.1 Å². The average Bonchev–Trinajstić information content (AvgIpc) is 3.44. The summed E-state index contributed by atoms with van der Waals surface area (Å²) in [6.07, 6.45) is 3.22. The fourth-order valence-corrected chi connectivity index (χ4v) is 3.79. The highest BCUT2D eigenvalue weighted by Gasteiger charge is 2.33. The van der Waals surface area contributed by atoms with Gasteiger partial charge < -0.3 is 31.2 Å². The van der Waals surface area contributed by atoms with E-state index < -0.39 is 23.3 Å². The Morgan fingerprint density at radius 3 is 2.36 bits per heavy atom. The van der Waals surface area contributed by atoms with Crippen LogP contribution < -0.4 is 21.7 Å². The Kier molecular flexibility index (Phi) is 12.3. The summed E-state index contributed by atoms with van der Waals surface area (Å²) in [5, 5.41) is 18.3. The summed E-state index contributed by atoms with van der Waals surface area (Å²) in [4.78, 5) is 41.9. The molecule has 0 aliphatic heterocycles. The number of phenolic OH excluding ortho intramolecular Hbond substituents is 1. The average molecular weight is 582 g/mol. The molecule has 0 bridgehead atoms. The molecule has 226 valence electrons. The third kappa shape index (κ3) is 10.1. The Labute approximate surface area is 245 Å². The first-order chi connectivity index (χ1) is 19.8. The number of carbonyl (C=O) groups is 3. The number of aromatic hydroxyl groups is 1. The number of nitrogens with one attached hydrogen (secondary N) is 3. The molecule has 1 aromatic heterocycles. The van der Waals surface area contributed by atoms with Gasteiger partial charge in [0.1, 0.15) is 29.6 Å². The summed E-state index contributed by atoms with van der Waals surface area (Å²) in [7, 11) is 0. The van der Waals surface area contributed by atoms with Crippen molar-refractivity contribution in [2.45, 2.75) is 60.4 Å². The Morgan fingerprint density at radius 2 is 1.79 bits per heavy atom. The smallest absolute Gasteiger partial charge is 0.270 e. The van der Waals surface area contributed by atoms with Crippen molar-refractivity contribution in [1.29, 1.82) is 0 Å². The molecule has 0 aliphatic carbocycles. The molecule has 3 aromatic rings. The maximum Gasteiger partial charge on any atom is 0.270 e. The van der Waals surface area contributed by atoms with Crippen LogP contribution in [0.15, 0.2) is 59.2 Å². The Balaban J connectivity index is 0.00000301. The lowest BCUT2D eigenvalue weighted by atomic mass is 9.86. The number of halogens is 1. The van der Waals surface area contributed by atoms with E-state index in [1.807, 2.05) is 40.7 Å². The molecule has 3 rings (SSSR count). The number of aryl methyl sites for hydroxylation is 2. The highest BCUT2D eigenvalue weighted by Crippen LogP contribution is 2.22. The number of aromatic nitrogens is 1. The molecular formula is C31H40FN5O5. The van der Waals surface area contributed by atoms with E-state index in [1.54, 1.807) is 37.3 Å². The van der Waals surface area contributed by atoms with Gasteiger partial charge >= 0.3 is 0 Å². The second-order valence-electron chi connectivity index (χ2n) is 10.4. The molecular weight excluding hydrogens is 541 g/mol. The van der Waals surface area contributed by atoms with Crippen LogP contribution in [0, 0.1) is 18.2 Å². The fourth-order valence-electron chi connectivity index (χ4n) is 3.79. The predicted octanol–water partition coefficient (Wildman–Crippen LogP) is 4.69. The van der Waals surface area contributed by atoms with Crippen LogP contribution in [0.25, 0.3) is 5.70 Å². The maximum absolute atomic E-state index is 13.5. The molecule has 0 spiro atoms. The van der Waals surface area contributed by atoms with Crippen LogP contribution in [-0.2, 0) is 16.0 Å². The van der Waals surface area contributed by atoms with E-state index in [0.29, 0.717) is 17.7 Å². The zero-order valence-corrected chi connectivity index (χ0v) is 24.9. The van der Waals surface area contributed by atoms with Crippen LogP contribution in [0.2, 0.25) is 0 Å². The van der Waals surface area contributed by atoms with Gasteiger partial charge in [0.25, 0.3) is 5.91 Å². The summed E-state index contributed by atoms with van der Waals surface area (Å²) in [5.41, 5.74) is 6.89. The van der Waals surface area contributed by atoms with Crippen LogP contribution in [0.1, 0.15) is 68.5 Å². The van der Waals surface area contributed by atoms with E-state index in [2.05, 4.69) is 20.9 Å². The summed E-state index contributed by atoms with van der Waals surface area (Å²) in [5.74, 6) is -1.88. The van der Waals surface area contributed by atoms with Crippen molar-refractivity contribution in [2.75, 3.05) is 11.9 Å². The van der Waals surface area contributed by atoms with Crippen molar-refractivity contribution in [3.05, 3.63) is 83.3 Å². The van der Waals surface area contributed by atoms with Crippen molar-refractivity contribution in [1.82, 2.24) is 15.6 Å². The number of nitrogens with two attached hydrogens (primary N) is 1. The summed E-state index contributed by atoms with van der Waals surface area (Å²) >= 11 is 0. The molecule has 10 nitrogen and oxygen atoms in total. The zero-order valence-electron chi connectivity index (χ0n) is 24.9. The summed E-state index contributed by atoms with van der Waals surface area (Å²) in [6.45, 7) is 11.4. The second-order valence-corrected chi connectivity index (χ2v) is 10.4. The number of anilines is 1. The van der Waals surface area contributed by atoms with E-state index in [4.69, 9.17) is 10.2 Å². The quantitative estimate of drug-likeness (QED) is 0.220. The standard InChI is InChI=1S/C29H34FN5O5.C2H6/c1-17-15-18(5-11-23(17)36)6-12-24(37)35-25(29(2,3)4)27(39)33-21(28-34-22(16-40-28)26(31)38)13-14-32-20-9-7-19(30)8-10-20;1-2/h5,7-11,13,15-16,25,32,36H,6,12,14H2,1-4H3,(H2,31,38)(H,33,39)(H,35,37);1-2H3/b21-13+;. The number of carbonyl (C=O) groups excluding carboxylic acids is 3. The van der Waals surface area contributed by atoms with E-state index in [1.165, 1.54) is 12.1 Å². The van der Waals surface area contributed by atoms with Crippen LogP contribution >= 0.6 is 0 Å². The van der Waals surface area contributed by atoms with E-state index in [9.17, 15) is 23.9 Å². The van der Waals surface area contributed by atoms with Crippen LogP contribution in [0.5, 0.6) is 5.75 Å². The number of benzene rings is 2. The molecule has 3 amide bonds. The largest absolute Gasteiger partial charge is 0.508 e. The van der Waals surface area contributed by atoms with Gasteiger partial charge in [-0.05, 0) is 66.3 Å². The van der Waals surface area contributed by atoms with Crippen molar-refractivity contribution < 1.29 is 28.3 Å². The number of nitrogens with zero attached hydrogens (tertiary/aromatic N) is 1. The number of rotatable bonds is 11. The molecule has 1 unspecified atom stereocenters. The monoisotopic (exact) mass is 581 g/mol. The number of primary amides is 1. The Hall–Kier alpha value is -4.67. The molecule has 6 N–H and O–H groups in total. The molecule has 2 aromatic carbocycles. The number of amides is 3. The van der Waals surface area contributed by atoms with Gasteiger partial charge in [0.05, 0.1) is 0 Å². The van der Waals surface area contributed by atoms with Crippen LogP contribution in [-0.4, -0.2) is 40.4 Å². The summed E-state index contributed by atoms with van der Waals surface area (Å²) in [6, 6.07) is 9.94. The van der Waals surface area contributed by atoms with Gasteiger partial charge in [0, 0.05) is 18.7 Å². The van der Waals surface area contributed by atoms with Gasteiger partial charge in [0.15, 0.2) is 5.69 Å². The summed E-state index contributed by atoms with van der Waals surface area (Å²) < 4.78 is 18.6. The van der Waals surface area contributed by atoms with Gasteiger partial charge in [0.2, 0.25) is 17.7 Å². The number of oxazole rings is 1. The minimum Gasteiger partial charge on any atom is -0.508 e. The molecule has 0 fully saturated rings. The molecule has 0 radical (unpaired) electrons. The topological polar surface area (TPSA) is 160 Å². The molecule has 1 atom stereocenters. The van der Waals surface area contributed by atoms with Gasteiger partial charge in [-0.15, -0.1) is 0 Å². The maximum atomic E-state index is 13.5. The number of hydrogen-bond acceptors (Lipinski definition) is 7. The molecule has 0 saturated carbocycles. The lowest BCUT2D eigenvalue weighted by Gasteiger charge is -2.30. The van der Waals surface area contributed by atoms with E-state index >= 15 is 0 Å². The van der Waals surface area contributed by atoms with Gasteiger partial charge in [-0.25, -0.2) is 9.37 Å². The van der Waals surface area contributed by atoms with Crippen LogP contribution in [0.3, 0.4) is 0 Å². The third-order valence-corrected chi connectivity index (χ3v) is 6.04. The lowest BCUT2D eigenvalue weighted by molar-refractivity contribution is -0.130. The van der Waals surface area contributed by atoms with Gasteiger partial charge in [-0.1, -0.05) is 46.8 Å². The number of phenols is 1. The SMILES string of the molecule is CC.Cc1cc(CCC(=O)NC(C(=O)N/C(=C/CNc2ccc(F)cc2)c2nc(C(N)=O)co2)C(C)(C)C)ccc1O. The number of hydrogen-bond donors (Lipinski definition) is 5. The minimum absolute atomic E-state index is 0.0512. The first-order valence-corrected chi connectivity index (χ1v) is 13.7. The van der Waals surface area contributed by atoms with E-state index in [-0.39, 0.29) is 47.7 Å². The minimum atomic E-state index is -0.930. The second kappa shape index (κ2) is 15.4. The Morgan fingerprint density at radius 1 is 1.12 bits per heavy atom. The normalized spacial score (nSPS) is 12.0. The fraction of sp³-hybridized carbons (Fsp3) is 0.355. The van der Waals surface area contributed by atoms with Gasteiger partial charge in [-0.2, -0.15) is 0 Å². The first kappa shape index (κ1) is 33.5. The predicted molar refractivity (Wildman–Crippen MR) is 160 cm³/mol. The third-order valence-electron chi connectivity index (χ3n) is 6.04. The molecule has 11 heteroatoms. The molecule has 0 aliphatic rings. The van der Waals surface area contributed by atoms with Crippen LogP contribution in [0.4, 0.5) is 10.1 Å². The van der Waals surface area contributed by atoms with Gasteiger partial charge in [-0.3, -0.25) is 14.4 Å². The highest BCUT2D eigenvalue weighted by atomic mass is 19.1. The van der Waals surface area contributed by atoms with E-state index in [0.717, 1.165) is 11.8 Å². The van der Waals surface area contributed by atoms with Crippen molar-refractivity contribution in [3.63, 3.8) is 0 Å². The molecule has 1 heterocycles. The highest BCUT2D eigenvalue weighted by molar-refractivity contribution is 5.94. The molecule has 42 heavy (non-hydrogen) atoms. The Bertz CT molecular complexity index is 1390. The zero-order chi connectivity index (χ0) is 31.4.